The maximum atomic E-state index is 11.9. The van der Waals surface area contributed by atoms with Crippen LogP contribution < -0.4 is 10.7 Å². The van der Waals surface area contributed by atoms with E-state index in [0.29, 0.717) is 5.56 Å². The van der Waals surface area contributed by atoms with Crippen LogP contribution in [0, 0.1) is 6.92 Å². The number of hydrazone groups is 1. The molecule has 0 bridgehead atoms. The van der Waals surface area contributed by atoms with Gasteiger partial charge < -0.3 is 10.4 Å². The number of carbonyl (C=O) groups is 2. The molecule has 0 spiro atoms. The Morgan fingerprint density at radius 2 is 1.88 bits per heavy atom. The predicted molar refractivity (Wildman–Crippen MR) is 101 cm³/mol. The van der Waals surface area contributed by atoms with E-state index in [9.17, 15) is 14.7 Å². The third kappa shape index (κ3) is 6.04. The molecule has 0 unspecified atom stereocenters. The van der Waals surface area contributed by atoms with Crippen molar-refractivity contribution < 1.29 is 14.7 Å². The summed E-state index contributed by atoms with van der Waals surface area (Å²) < 4.78 is 0.783. The zero-order chi connectivity index (χ0) is 18.2. The maximum absolute atomic E-state index is 11.9. The lowest BCUT2D eigenvalue weighted by Crippen LogP contribution is -2.20. The number of amides is 2. The monoisotopic (exact) mass is 403 g/mol. The van der Waals surface area contributed by atoms with Crippen molar-refractivity contribution in [3.63, 3.8) is 0 Å². The number of nitrogens with zero attached hydrogens (tertiary/aromatic N) is 1. The van der Waals surface area contributed by atoms with Crippen LogP contribution in [0.15, 0.2) is 52.0 Å². The minimum atomic E-state index is -0.384. The molecule has 2 amide bonds. The van der Waals surface area contributed by atoms with E-state index in [1.807, 2.05) is 31.2 Å². The van der Waals surface area contributed by atoms with Crippen LogP contribution in [0.3, 0.4) is 0 Å². The number of para-hydroxylation sites is 1. The highest BCUT2D eigenvalue weighted by Crippen LogP contribution is 2.19. The summed E-state index contributed by atoms with van der Waals surface area (Å²) >= 11 is 3.29. The molecular formula is C18H18BrN3O3. The Morgan fingerprint density at radius 1 is 1.16 bits per heavy atom. The number of anilines is 1. The smallest absolute Gasteiger partial charge is 0.240 e. The molecule has 2 rings (SSSR count). The highest BCUT2D eigenvalue weighted by Gasteiger charge is 2.08. The number of phenols is 1. The molecule has 0 aliphatic carbocycles. The van der Waals surface area contributed by atoms with Crippen molar-refractivity contribution >= 4 is 39.6 Å². The molecule has 2 aromatic carbocycles. The van der Waals surface area contributed by atoms with Gasteiger partial charge >= 0.3 is 0 Å². The van der Waals surface area contributed by atoms with Crippen molar-refractivity contribution in [1.82, 2.24) is 5.43 Å². The third-order valence-electron chi connectivity index (χ3n) is 3.38. The number of aryl methyl sites for hydroxylation is 1. The molecule has 0 aliphatic rings. The van der Waals surface area contributed by atoms with E-state index in [-0.39, 0.29) is 30.4 Å². The lowest BCUT2D eigenvalue weighted by atomic mass is 10.2. The Hall–Kier alpha value is -2.67. The van der Waals surface area contributed by atoms with Crippen LogP contribution in [-0.2, 0) is 9.59 Å². The van der Waals surface area contributed by atoms with Gasteiger partial charge in [0, 0.05) is 28.6 Å². The second-order valence-electron chi connectivity index (χ2n) is 5.36. The molecule has 2 aromatic rings. The summed E-state index contributed by atoms with van der Waals surface area (Å²) in [5, 5.41) is 16.2. The van der Waals surface area contributed by atoms with E-state index in [0.717, 1.165) is 15.7 Å². The third-order valence-corrected chi connectivity index (χ3v) is 3.87. The van der Waals surface area contributed by atoms with Gasteiger partial charge in [0.1, 0.15) is 5.75 Å². The molecule has 7 heteroatoms. The molecule has 0 radical (unpaired) electrons. The molecule has 0 aromatic heterocycles. The minimum absolute atomic E-state index is 0.0134. The number of halogens is 1. The van der Waals surface area contributed by atoms with E-state index < -0.39 is 0 Å². The number of phenolic OH excluding ortho intramolecular Hbond substituents is 1. The lowest BCUT2D eigenvalue weighted by Gasteiger charge is -2.07. The largest absolute Gasteiger partial charge is 0.507 e. The molecular weight excluding hydrogens is 386 g/mol. The zero-order valence-corrected chi connectivity index (χ0v) is 15.2. The molecule has 0 saturated carbocycles. The zero-order valence-electron chi connectivity index (χ0n) is 13.6. The first-order chi connectivity index (χ1) is 12.0. The van der Waals surface area contributed by atoms with Crippen molar-refractivity contribution in [3.8, 4) is 5.75 Å². The van der Waals surface area contributed by atoms with Gasteiger partial charge in [-0.1, -0.05) is 34.1 Å². The number of hydrogen-bond donors (Lipinski definition) is 3. The van der Waals surface area contributed by atoms with Gasteiger partial charge in [0.05, 0.1) is 6.21 Å². The van der Waals surface area contributed by atoms with Crippen molar-refractivity contribution in [2.45, 2.75) is 19.8 Å². The quantitative estimate of drug-likeness (QED) is 0.510. The van der Waals surface area contributed by atoms with Gasteiger partial charge in [-0.2, -0.15) is 5.10 Å². The number of rotatable bonds is 6. The first-order valence-electron chi connectivity index (χ1n) is 7.61. The van der Waals surface area contributed by atoms with Crippen LogP contribution in [0.2, 0.25) is 0 Å². The predicted octanol–water partition coefficient (Wildman–Crippen LogP) is 3.33. The van der Waals surface area contributed by atoms with Crippen molar-refractivity contribution in [3.05, 3.63) is 58.1 Å². The van der Waals surface area contributed by atoms with E-state index in [1.165, 1.54) is 12.3 Å². The molecule has 130 valence electrons. The highest BCUT2D eigenvalue weighted by molar-refractivity contribution is 9.10. The fourth-order valence-corrected chi connectivity index (χ4v) is 2.39. The molecule has 3 N–H and O–H groups in total. The SMILES string of the molecule is Cc1ccccc1NC(=O)CCC(=O)N/N=C\c1cc(Br)ccc1O. The van der Waals surface area contributed by atoms with Crippen LogP contribution in [0.5, 0.6) is 5.75 Å². The van der Waals surface area contributed by atoms with Crippen molar-refractivity contribution in [1.29, 1.82) is 0 Å². The van der Waals surface area contributed by atoms with Gasteiger partial charge in [-0.05, 0) is 36.8 Å². The molecule has 0 aliphatic heterocycles. The second-order valence-corrected chi connectivity index (χ2v) is 6.28. The topological polar surface area (TPSA) is 90.8 Å². The first kappa shape index (κ1) is 18.7. The average Bonchev–Trinajstić information content (AvgIpc) is 2.58. The number of aromatic hydroxyl groups is 1. The Labute approximate surface area is 154 Å². The van der Waals surface area contributed by atoms with Crippen LogP contribution in [0.1, 0.15) is 24.0 Å². The van der Waals surface area contributed by atoms with E-state index in [2.05, 4.69) is 31.8 Å². The summed E-state index contributed by atoms with van der Waals surface area (Å²) in [6.45, 7) is 1.90. The Kier molecular flexibility index (Phi) is 6.71. The molecule has 25 heavy (non-hydrogen) atoms. The standard InChI is InChI=1S/C18H18BrN3O3/c1-12-4-2-3-5-15(12)21-17(24)8-9-18(25)22-20-11-13-10-14(19)6-7-16(13)23/h2-7,10-11,23H,8-9H2,1H3,(H,21,24)(H,22,25)/b20-11-. The maximum Gasteiger partial charge on any atom is 0.240 e. The fraction of sp³-hybridized carbons (Fsp3) is 0.167. The van der Waals surface area contributed by atoms with Crippen LogP contribution in [0.25, 0.3) is 0 Å². The fourth-order valence-electron chi connectivity index (χ4n) is 2.01. The van der Waals surface area contributed by atoms with Gasteiger partial charge in [0.15, 0.2) is 0 Å². The van der Waals surface area contributed by atoms with Crippen LogP contribution in [0.4, 0.5) is 5.69 Å². The summed E-state index contributed by atoms with van der Waals surface area (Å²) in [4.78, 5) is 23.6. The van der Waals surface area contributed by atoms with Gasteiger partial charge in [0.25, 0.3) is 0 Å². The summed E-state index contributed by atoms with van der Waals surface area (Å²) in [5.74, 6) is -0.567. The Bertz CT molecular complexity index is 806. The average molecular weight is 404 g/mol. The summed E-state index contributed by atoms with van der Waals surface area (Å²) in [6, 6.07) is 12.3. The summed E-state index contributed by atoms with van der Waals surface area (Å²) in [6.07, 6.45) is 1.41. The number of hydrogen-bond acceptors (Lipinski definition) is 4. The highest BCUT2D eigenvalue weighted by atomic mass is 79.9. The molecule has 6 nitrogen and oxygen atoms in total. The first-order valence-corrected chi connectivity index (χ1v) is 8.41. The van der Waals surface area contributed by atoms with Gasteiger partial charge in [0.2, 0.25) is 11.8 Å². The molecule has 0 saturated heterocycles. The van der Waals surface area contributed by atoms with Gasteiger partial charge in [-0.15, -0.1) is 0 Å². The summed E-state index contributed by atoms with van der Waals surface area (Å²) in [5.41, 5.74) is 4.49. The second kappa shape index (κ2) is 8.98. The summed E-state index contributed by atoms with van der Waals surface area (Å²) in [7, 11) is 0. The van der Waals surface area contributed by atoms with Gasteiger partial charge in [-0.25, -0.2) is 5.43 Å². The minimum Gasteiger partial charge on any atom is -0.507 e. The van der Waals surface area contributed by atoms with Crippen LogP contribution in [-0.4, -0.2) is 23.1 Å². The molecule has 0 atom stereocenters. The van der Waals surface area contributed by atoms with Crippen molar-refractivity contribution in [2.75, 3.05) is 5.32 Å². The Morgan fingerprint density at radius 3 is 2.64 bits per heavy atom. The normalized spacial score (nSPS) is 10.6. The van der Waals surface area contributed by atoms with Crippen molar-refractivity contribution in [2.24, 2.45) is 5.10 Å². The van der Waals surface area contributed by atoms with E-state index in [4.69, 9.17) is 0 Å². The number of carbonyl (C=O) groups excluding carboxylic acids is 2. The molecule has 0 fully saturated rings. The number of nitrogens with one attached hydrogen (secondary N) is 2. The van der Waals surface area contributed by atoms with Gasteiger partial charge in [-0.3, -0.25) is 9.59 Å². The van der Waals surface area contributed by atoms with Crippen LogP contribution >= 0.6 is 15.9 Å². The molecule has 0 heterocycles. The Balaban J connectivity index is 1.78. The van der Waals surface area contributed by atoms with E-state index >= 15 is 0 Å². The lowest BCUT2D eigenvalue weighted by molar-refractivity contribution is -0.124. The number of benzene rings is 2. The van der Waals surface area contributed by atoms with E-state index in [1.54, 1.807) is 12.1 Å².